The van der Waals surface area contributed by atoms with Crippen molar-refractivity contribution in [1.82, 2.24) is 4.98 Å². The van der Waals surface area contributed by atoms with Crippen LogP contribution in [-0.2, 0) is 4.74 Å². The van der Waals surface area contributed by atoms with Crippen LogP contribution >= 0.6 is 0 Å². The molecule has 120 valence electrons. The highest BCUT2D eigenvalue weighted by Crippen LogP contribution is 2.35. The summed E-state index contributed by atoms with van der Waals surface area (Å²) < 4.78 is 5.10. The standard InChI is InChI=1S/C20H17NO3/c1-2-24-20(23)19-17(15-9-6-10-21-13-15)11-16(12-18(19)22)14-7-4-3-5-8-14/h3-13,22H,2H2,1H3. The van der Waals surface area contributed by atoms with E-state index < -0.39 is 5.97 Å². The van der Waals surface area contributed by atoms with Gasteiger partial charge in [-0.2, -0.15) is 0 Å². The van der Waals surface area contributed by atoms with Gasteiger partial charge in [-0.1, -0.05) is 36.4 Å². The molecule has 0 bridgehead atoms. The van der Waals surface area contributed by atoms with Crippen molar-refractivity contribution in [2.75, 3.05) is 6.61 Å². The summed E-state index contributed by atoms with van der Waals surface area (Å²) in [5.41, 5.74) is 3.27. The molecule has 0 aliphatic rings. The second kappa shape index (κ2) is 6.96. The first-order valence-corrected chi connectivity index (χ1v) is 7.70. The second-order valence-corrected chi connectivity index (χ2v) is 5.25. The van der Waals surface area contributed by atoms with Gasteiger partial charge < -0.3 is 9.84 Å². The Morgan fingerprint density at radius 1 is 1.04 bits per heavy atom. The number of phenolic OH excluding ortho intramolecular Hbond substituents is 1. The number of benzene rings is 2. The molecule has 0 atom stereocenters. The molecule has 0 spiro atoms. The van der Waals surface area contributed by atoms with Gasteiger partial charge in [-0.15, -0.1) is 0 Å². The zero-order chi connectivity index (χ0) is 16.9. The summed E-state index contributed by atoms with van der Waals surface area (Å²) in [5.74, 6) is -0.651. The molecule has 3 rings (SSSR count). The summed E-state index contributed by atoms with van der Waals surface area (Å²) in [4.78, 5) is 16.4. The Morgan fingerprint density at radius 2 is 1.79 bits per heavy atom. The van der Waals surface area contributed by atoms with Gasteiger partial charge in [-0.3, -0.25) is 4.98 Å². The lowest BCUT2D eigenvalue weighted by molar-refractivity contribution is 0.0524. The van der Waals surface area contributed by atoms with Crippen LogP contribution in [-0.4, -0.2) is 22.7 Å². The predicted molar refractivity (Wildman–Crippen MR) is 92.7 cm³/mol. The van der Waals surface area contributed by atoms with E-state index in [1.807, 2.05) is 42.5 Å². The number of hydrogen-bond acceptors (Lipinski definition) is 4. The quantitative estimate of drug-likeness (QED) is 0.728. The van der Waals surface area contributed by atoms with Gasteiger partial charge in [0.2, 0.25) is 0 Å². The number of ether oxygens (including phenoxy) is 1. The molecule has 0 fully saturated rings. The highest BCUT2D eigenvalue weighted by Gasteiger charge is 2.20. The third-order valence-corrected chi connectivity index (χ3v) is 3.68. The Balaban J connectivity index is 2.21. The third kappa shape index (κ3) is 3.13. The minimum Gasteiger partial charge on any atom is -0.507 e. The fraction of sp³-hybridized carbons (Fsp3) is 0.100. The van der Waals surface area contributed by atoms with Gasteiger partial charge in [0.25, 0.3) is 0 Å². The van der Waals surface area contributed by atoms with Crippen LogP contribution in [0.2, 0.25) is 0 Å². The fourth-order valence-corrected chi connectivity index (χ4v) is 2.59. The van der Waals surface area contributed by atoms with E-state index >= 15 is 0 Å². The van der Waals surface area contributed by atoms with E-state index in [4.69, 9.17) is 4.74 Å². The highest BCUT2D eigenvalue weighted by molar-refractivity contribution is 6.01. The molecule has 1 N–H and O–H groups in total. The summed E-state index contributed by atoms with van der Waals surface area (Å²) in [6.45, 7) is 1.97. The lowest BCUT2D eigenvalue weighted by atomic mass is 9.94. The average molecular weight is 319 g/mol. The van der Waals surface area contributed by atoms with Crippen LogP contribution in [0.15, 0.2) is 67.0 Å². The van der Waals surface area contributed by atoms with E-state index in [1.165, 1.54) is 0 Å². The molecule has 4 nitrogen and oxygen atoms in total. The molecular formula is C20H17NO3. The molecule has 0 aliphatic carbocycles. The molecule has 3 aromatic rings. The van der Waals surface area contributed by atoms with Crippen molar-refractivity contribution in [3.8, 4) is 28.0 Å². The zero-order valence-corrected chi connectivity index (χ0v) is 13.3. The molecule has 0 amide bonds. The molecule has 0 aliphatic heterocycles. The van der Waals surface area contributed by atoms with Crippen molar-refractivity contribution in [3.05, 3.63) is 72.6 Å². The molecule has 1 heterocycles. The smallest absolute Gasteiger partial charge is 0.342 e. The zero-order valence-electron chi connectivity index (χ0n) is 13.3. The monoisotopic (exact) mass is 319 g/mol. The summed E-state index contributed by atoms with van der Waals surface area (Å²) >= 11 is 0. The van der Waals surface area contributed by atoms with Gasteiger partial charge in [0.1, 0.15) is 11.3 Å². The van der Waals surface area contributed by atoms with E-state index in [0.717, 1.165) is 16.7 Å². The van der Waals surface area contributed by atoms with Crippen molar-refractivity contribution in [1.29, 1.82) is 0 Å². The van der Waals surface area contributed by atoms with Crippen LogP contribution in [0.4, 0.5) is 0 Å². The van der Waals surface area contributed by atoms with Gasteiger partial charge in [-0.05, 0) is 36.2 Å². The van der Waals surface area contributed by atoms with Crippen LogP contribution in [0, 0.1) is 0 Å². The summed E-state index contributed by atoms with van der Waals surface area (Å²) in [7, 11) is 0. The van der Waals surface area contributed by atoms with E-state index in [-0.39, 0.29) is 17.9 Å². The molecule has 1 aromatic heterocycles. The SMILES string of the molecule is CCOC(=O)c1c(O)cc(-c2ccccc2)cc1-c1cccnc1. The maximum absolute atomic E-state index is 12.3. The molecular weight excluding hydrogens is 302 g/mol. The number of aromatic hydroxyl groups is 1. The summed E-state index contributed by atoms with van der Waals surface area (Å²) in [6.07, 6.45) is 3.32. The maximum Gasteiger partial charge on any atom is 0.342 e. The number of aromatic nitrogens is 1. The molecule has 2 aromatic carbocycles. The van der Waals surface area contributed by atoms with Gasteiger partial charge in [0.05, 0.1) is 6.61 Å². The van der Waals surface area contributed by atoms with Gasteiger partial charge in [0, 0.05) is 23.5 Å². The minimum atomic E-state index is -0.548. The Morgan fingerprint density at radius 3 is 2.46 bits per heavy atom. The molecule has 0 radical (unpaired) electrons. The normalized spacial score (nSPS) is 10.4. The van der Waals surface area contributed by atoms with Crippen LogP contribution in [0.5, 0.6) is 5.75 Å². The number of carbonyl (C=O) groups excluding carboxylic acids is 1. The highest BCUT2D eigenvalue weighted by atomic mass is 16.5. The first-order valence-electron chi connectivity index (χ1n) is 7.70. The van der Waals surface area contributed by atoms with Gasteiger partial charge in [0.15, 0.2) is 0 Å². The third-order valence-electron chi connectivity index (χ3n) is 3.68. The number of esters is 1. The van der Waals surface area contributed by atoms with Crippen molar-refractivity contribution < 1.29 is 14.6 Å². The minimum absolute atomic E-state index is 0.103. The van der Waals surface area contributed by atoms with Crippen LogP contribution < -0.4 is 0 Å². The number of hydrogen-bond donors (Lipinski definition) is 1. The summed E-state index contributed by atoms with van der Waals surface area (Å²) in [6, 6.07) is 16.8. The second-order valence-electron chi connectivity index (χ2n) is 5.25. The molecule has 0 saturated heterocycles. The van der Waals surface area contributed by atoms with Crippen molar-refractivity contribution in [2.45, 2.75) is 6.92 Å². The van der Waals surface area contributed by atoms with E-state index in [1.54, 1.807) is 31.5 Å². The van der Waals surface area contributed by atoms with Crippen molar-refractivity contribution in [2.24, 2.45) is 0 Å². The first-order chi connectivity index (χ1) is 11.7. The first kappa shape index (κ1) is 15.7. The molecule has 24 heavy (non-hydrogen) atoms. The number of carbonyl (C=O) groups is 1. The maximum atomic E-state index is 12.3. The fourth-order valence-electron chi connectivity index (χ4n) is 2.59. The summed E-state index contributed by atoms with van der Waals surface area (Å²) in [5, 5.41) is 10.5. The van der Waals surface area contributed by atoms with Gasteiger partial charge in [-0.25, -0.2) is 4.79 Å². The van der Waals surface area contributed by atoms with Crippen LogP contribution in [0.1, 0.15) is 17.3 Å². The van der Waals surface area contributed by atoms with E-state index in [0.29, 0.717) is 5.56 Å². The van der Waals surface area contributed by atoms with Crippen molar-refractivity contribution >= 4 is 5.97 Å². The van der Waals surface area contributed by atoms with Gasteiger partial charge >= 0.3 is 5.97 Å². The number of pyridine rings is 1. The van der Waals surface area contributed by atoms with Crippen molar-refractivity contribution in [3.63, 3.8) is 0 Å². The lowest BCUT2D eigenvalue weighted by Crippen LogP contribution is -2.07. The number of nitrogens with zero attached hydrogens (tertiary/aromatic N) is 1. The molecule has 4 heteroatoms. The van der Waals surface area contributed by atoms with E-state index in [2.05, 4.69) is 4.98 Å². The Kier molecular flexibility index (Phi) is 4.57. The number of rotatable bonds is 4. The predicted octanol–water partition coefficient (Wildman–Crippen LogP) is 4.30. The van der Waals surface area contributed by atoms with Crippen LogP contribution in [0.25, 0.3) is 22.3 Å². The molecule has 0 saturated carbocycles. The Labute approximate surface area is 140 Å². The van der Waals surface area contributed by atoms with E-state index in [9.17, 15) is 9.90 Å². The van der Waals surface area contributed by atoms with Crippen LogP contribution in [0.3, 0.4) is 0 Å². The average Bonchev–Trinajstić information content (AvgIpc) is 2.62. The lowest BCUT2D eigenvalue weighted by Gasteiger charge is -2.13. The largest absolute Gasteiger partial charge is 0.507 e. The Hall–Kier alpha value is -3.14. The number of phenols is 1. The molecule has 0 unspecified atom stereocenters. The Bertz CT molecular complexity index is 846. The topological polar surface area (TPSA) is 59.4 Å².